The lowest BCUT2D eigenvalue weighted by atomic mass is 10.1. The highest BCUT2D eigenvalue weighted by Gasteiger charge is 2.28. The summed E-state index contributed by atoms with van der Waals surface area (Å²) < 4.78 is 5.45. The highest BCUT2D eigenvalue weighted by molar-refractivity contribution is 6.06. The van der Waals surface area contributed by atoms with Crippen molar-refractivity contribution in [3.8, 4) is 5.75 Å². The second-order valence-corrected chi connectivity index (χ2v) is 7.02. The van der Waals surface area contributed by atoms with Crippen molar-refractivity contribution >= 4 is 29.1 Å². The van der Waals surface area contributed by atoms with Gasteiger partial charge in [0.25, 0.3) is 11.8 Å². The van der Waals surface area contributed by atoms with Crippen LogP contribution in [0.5, 0.6) is 5.75 Å². The van der Waals surface area contributed by atoms with Gasteiger partial charge in [-0.15, -0.1) is 0 Å². The molecule has 2 aromatic rings. The lowest BCUT2D eigenvalue weighted by Gasteiger charge is -2.29. The number of nitrogens with one attached hydrogen (secondary N) is 1. The number of rotatable bonds is 4. The van der Waals surface area contributed by atoms with E-state index in [9.17, 15) is 14.4 Å². The molecule has 0 unspecified atom stereocenters. The summed E-state index contributed by atoms with van der Waals surface area (Å²) in [5.74, 6) is -0.382. The number of carbonyl (C=O) groups excluding carboxylic acids is 3. The molecule has 0 radical (unpaired) electrons. The molecular weight excluding hydrogens is 358 g/mol. The minimum Gasteiger partial charge on any atom is -0.482 e. The molecule has 146 valence electrons. The Balaban J connectivity index is 1.85. The third-order valence-corrected chi connectivity index (χ3v) is 4.52. The molecule has 0 aromatic heterocycles. The molecule has 1 aliphatic rings. The molecule has 1 heterocycles. The van der Waals surface area contributed by atoms with Gasteiger partial charge in [-0.2, -0.15) is 0 Å². The highest BCUT2D eigenvalue weighted by atomic mass is 16.5. The zero-order chi connectivity index (χ0) is 20.4. The number of nitrogens with zero attached hydrogens (tertiary/aromatic N) is 2. The molecule has 0 atom stereocenters. The van der Waals surface area contributed by atoms with Crippen LogP contribution >= 0.6 is 0 Å². The van der Waals surface area contributed by atoms with Crippen LogP contribution < -0.4 is 15.0 Å². The fourth-order valence-corrected chi connectivity index (χ4v) is 2.97. The van der Waals surface area contributed by atoms with E-state index in [0.717, 1.165) is 11.1 Å². The number of anilines is 2. The van der Waals surface area contributed by atoms with Crippen LogP contribution in [0.25, 0.3) is 0 Å². The van der Waals surface area contributed by atoms with Crippen molar-refractivity contribution in [2.24, 2.45) is 0 Å². The molecular formula is C21H23N3O4. The number of benzene rings is 2. The zero-order valence-electron chi connectivity index (χ0n) is 16.4. The second kappa shape index (κ2) is 7.72. The van der Waals surface area contributed by atoms with E-state index in [1.54, 1.807) is 32.3 Å². The first-order valence-corrected chi connectivity index (χ1v) is 8.92. The van der Waals surface area contributed by atoms with E-state index in [1.165, 1.54) is 9.80 Å². The van der Waals surface area contributed by atoms with Crippen molar-refractivity contribution in [2.75, 3.05) is 37.5 Å². The average molecular weight is 381 g/mol. The first kappa shape index (κ1) is 19.4. The number of carbonyl (C=O) groups is 3. The van der Waals surface area contributed by atoms with E-state index < -0.39 is 0 Å². The third-order valence-electron chi connectivity index (χ3n) is 4.52. The largest absolute Gasteiger partial charge is 0.482 e. The van der Waals surface area contributed by atoms with Gasteiger partial charge >= 0.3 is 0 Å². The first-order chi connectivity index (χ1) is 13.3. The van der Waals surface area contributed by atoms with E-state index >= 15 is 0 Å². The highest BCUT2D eigenvalue weighted by Crippen LogP contribution is 2.33. The molecule has 2 aromatic carbocycles. The van der Waals surface area contributed by atoms with Gasteiger partial charge < -0.3 is 15.0 Å². The summed E-state index contributed by atoms with van der Waals surface area (Å²) in [4.78, 5) is 40.1. The van der Waals surface area contributed by atoms with Crippen molar-refractivity contribution in [3.05, 3.63) is 53.1 Å². The van der Waals surface area contributed by atoms with Crippen LogP contribution in [0, 0.1) is 13.8 Å². The van der Waals surface area contributed by atoms with Gasteiger partial charge in [0.05, 0.1) is 5.69 Å². The molecule has 0 fully saturated rings. The lowest BCUT2D eigenvalue weighted by molar-refractivity contribution is -0.123. The van der Waals surface area contributed by atoms with E-state index in [-0.39, 0.29) is 30.9 Å². The van der Waals surface area contributed by atoms with Gasteiger partial charge in [0.2, 0.25) is 5.91 Å². The molecule has 0 saturated carbocycles. The summed E-state index contributed by atoms with van der Waals surface area (Å²) in [6, 6.07) is 10.7. The van der Waals surface area contributed by atoms with Gasteiger partial charge in [-0.1, -0.05) is 12.1 Å². The Morgan fingerprint density at radius 3 is 2.61 bits per heavy atom. The van der Waals surface area contributed by atoms with Crippen LogP contribution in [0.15, 0.2) is 36.4 Å². The van der Waals surface area contributed by atoms with Gasteiger partial charge in [0.1, 0.15) is 12.3 Å². The maximum Gasteiger partial charge on any atom is 0.265 e. The fourth-order valence-electron chi connectivity index (χ4n) is 2.97. The summed E-state index contributed by atoms with van der Waals surface area (Å²) in [6.45, 7) is 3.54. The van der Waals surface area contributed by atoms with Crippen LogP contribution in [0.4, 0.5) is 11.4 Å². The van der Waals surface area contributed by atoms with Crippen LogP contribution in [0.1, 0.15) is 21.5 Å². The Hall–Kier alpha value is -3.35. The van der Waals surface area contributed by atoms with Crippen LogP contribution in [0.3, 0.4) is 0 Å². The van der Waals surface area contributed by atoms with Crippen molar-refractivity contribution in [3.63, 3.8) is 0 Å². The lowest BCUT2D eigenvalue weighted by Crippen LogP contribution is -2.43. The summed E-state index contributed by atoms with van der Waals surface area (Å²) in [5, 5.41) is 2.86. The second-order valence-electron chi connectivity index (χ2n) is 7.02. The number of fused-ring (bicyclic) bond motifs is 1. The summed E-state index contributed by atoms with van der Waals surface area (Å²) in [7, 11) is 3.30. The van der Waals surface area contributed by atoms with Gasteiger partial charge in [-0.05, 0) is 49.2 Å². The van der Waals surface area contributed by atoms with Gasteiger partial charge in [-0.3, -0.25) is 19.3 Å². The van der Waals surface area contributed by atoms with Crippen molar-refractivity contribution in [1.29, 1.82) is 0 Å². The molecule has 7 nitrogen and oxygen atoms in total. The Labute approximate surface area is 163 Å². The molecule has 7 heteroatoms. The van der Waals surface area contributed by atoms with Crippen LogP contribution in [0.2, 0.25) is 0 Å². The van der Waals surface area contributed by atoms with Gasteiger partial charge in [-0.25, -0.2) is 0 Å². The van der Waals surface area contributed by atoms with E-state index in [1.807, 2.05) is 32.0 Å². The SMILES string of the molecule is Cc1ccc(C)c(NC(=O)CN2C(=O)COc3ccc(C(=O)N(C)C)cc32)c1. The fraction of sp³-hybridized carbons (Fsp3) is 0.286. The van der Waals surface area contributed by atoms with Crippen LogP contribution in [-0.2, 0) is 9.59 Å². The smallest absolute Gasteiger partial charge is 0.265 e. The number of amides is 3. The molecule has 3 rings (SSSR count). The maximum absolute atomic E-state index is 12.6. The molecule has 0 aliphatic carbocycles. The molecule has 1 aliphatic heterocycles. The normalized spacial score (nSPS) is 12.9. The van der Waals surface area contributed by atoms with Crippen molar-refractivity contribution < 1.29 is 19.1 Å². The quantitative estimate of drug-likeness (QED) is 0.882. The van der Waals surface area contributed by atoms with Crippen LogP contribution in [-0.4, -0.2) is 49.9 Å². The molecule has 3 amide bonds. The van der Waals surface area contributed by atoms with Crippen molar-refractivity contribution in [2.45, 2.75) is 13.8 Å². The Kier molecular flexibility index (Phi) is 5.35. The molecule has 1 N–H and O–H groups in total. The monoisotopic (exact) mass is 381 g/mol. The molecule has 28 heavy (non-hydrogen) atoms. The number of ether oxygens (including phenoxy) is 1. The minimum atomic E-state index is -0.335. The number of aryl methyl sites for hydroxylation is 2. The standard InChI is InChI=1S/C21H23N3O4/c1-13-5-6-14(2)16(9-13)22-19(25)11-24-17-10-15(21(27)23(3)4)7-8-18(17)28-12-20(24)26/h5-10H,11-12H2,1-4H3,(H,22,25). The summed E-state index contributed by atoms with van der Waals surface area (Å²) in [5.41, 5.74) is 3.51. The summed E-state index contributed by atoms with van der Waals surface area (Å²) >= 11 is 0. The molecule has 0 spiro atoms. The van der Waals surface area contributed by atoms with E-state index in [4.69, 9.17) is 4.74 Å². The Morgan fingerprint density at radius 2 is 1.89 bits per heavy atom. The van der Waals surface area contributed by atoms with Gasteiger partial charge in [0.15, 0.2) is 6.61 Å². The maximum atomic E-state index is 12.6. The average Bonchev–Trinajstić information content (AvgIpc) is 2.66. The van der Waals surface area contributed by atoms with Crippen molar-refractivity contribution in [1.82, 2.24) is 4.90 Å². The Bertz CT molecular complexity index is 953. The minimum absolute atomic E-state index is 0.148. The molecule has 0 saturated heterocycles. The number of hydrogen-bond donors (Lipinski definition) is 1. The third kappa shape index (κ3) is 3.98. The van der Waals surface area contributed by atoms with Gasteiger partial charge in [0, 0.05) is 25.3 Å². The van der Waals surface area contributed by atoms with E-state index in [2.05, 4.69) is 5.32 Å². The molecule has 0 bridgehead atoms. The summed E-state index contributed by atoms with van der Waals surface area (Å²) in [6.07, 6.45) is 0. The Morgan fingerprint density at radius 1 is 1.14 bits per heavy atom. The first-order valence-electron chi connectivity index (χ1n) is 8.92. The zero-order valence-corrected chi connectivity index (χ0v) is 16.4. The predicted octanol–water partition coefficient (Wildman–Crippen LogP) is 2.37. The predicted molar refractivity (Wildman–Crippen MR) is 107 cm³/mol. The van der Waals surface area contributed by atoms with E-state index in [0.29, 0.717) is 22.7 Å². The topological polar surface area (TPSA) is 79.0 Å². The number of hydrogen-bond acceptors (Lipinski definition) is 4.